The van der Waals surface area contributed by atoms with Gasteiger partial charge in [-0.25, -0.2) is 0 Å². The zero-order chi connectivity index (χ0) is 9.84. The van der Waals surface area contributed by atoms with Crippen molar-refractivity contribution in [1.29, 1.82) is 0 Å². The van der Waals surface area contributed by atoms with Crippen LogP contribution >= 0.6 is 22.6 Å². The largest absolute Gasteiger partial charge is 0.495 e. The summed E-state index contributed by atoms with van der Waals surface area (Å²) in [7, 11) is 1.58. The Bertz CT molecular complexity index is 325. The molecule has 13 heavy (non-hydrogen) atoms. The third kappa shape index (κ3) is 2.87. The van der Waals surface area contributed by atoms with E-state index < -0.39 is 0 Å². The molecule has 0 fully saturated rings. The number of halogens is 1. The molecule has 0 saturated heterocycles. The molecule has 0 saturated carbocycles. The lowest BCUT2D eigenvalue weighted by molar-refractivity contribution is -0.114. The Kier molecular flexibility index (Phi) is 3.53. The minimum absolute atomic E-state index is 0.0977. The summed E-state index contributed by atoms with van der Waals surface area (Å²) < 4.78 is 6.18. The summed E-state index contributed by atoms with van der Waals surface area (Å²) in [6.07, 6.45) is 0. The molecule has 1 N–H and O–H groups in total. The molecule has 0 aliphatic carbocycles. The Labute approximate surface area is 90.6 Å². The van der Waals surface area contributed by atoms with Gasteiger partial charge in [0.1, 0.15) is 5.75 Å². The highest BCUT2D eigenvalue weighted by molar-refractivity contribution is 14.1. The monoisotopic (exact) mass is 291 g/mol. The second-order valence-corrected chi connectivity index (χ2v) is 3.77. The van der Waals surface area contributed by atoms with E-state index in [0.717, 1.165) is 3.57 Å². The van der Waals surface area contributed by atoms with Gasteiger partial charge < -0.3 is 10.1 Å². The van der Waals surface area contributed by atoms with Crippen molar-refractivity contribution in [3.63, 3.8) is 0 Å². The van der Waals surface area contributed by atoms with E-state index in [1.807, 2.05) is 18.2 Å². The van der Waals surface area contributed by atoms with Gasteiger partial charge in [0.15, 0.2) is 0 Å². The number of methoxy groups -OCH3 is 1. The number of nitrogens with one attached hydrogen (secondary N) is 1. The minimum Gasteiger partial charge on any atom is -0.495 e. The van der Waals surface area contributed by atoms with Crippen LogP contribution in [0.5, 0.6) is 5.75 Å². The molecule has 0 radical (unpaired) electrons. The smallest absolute Gasteiger partial charge is 0.221 e. The molecule has 0 spiro atoms. The molecule has 0 aliphatic rings. The number of rotatable bonds is 2. The summed E-state index contributed by atoms with van der Waals surface area (Å²) in [5, 5.41) is 2.68. The Hall–Kier alpha value is -0.780. The highest BCUT2D eigenvalue weighted by atomic mass is 127. The second-order valence-electron chi connectivity index (χ2n) is 2.53. The van der Waals surface area contributed by atoms with Gasteiger partial charge in [0.25, 0.3) is 0 Å². The van der Waals surface area contributed by atoms with Gasteiger partial charge >= 0.3 is 0 Å². The molecule has 1 aromatic rings. The number of anilines is 1. The van der Waals surface area contributed by atoms with E-state index in [9.17, 15) is 4.79 Å². The lowest BCUT2D eigenvalue weighted by Gasteiger charge is -2.08. The highest BCUT2D eigenvalue weighted by Gasteiger charge is 2.03. The van der Waals surface area contributed by atoms with E-state index in [1.165, 1.54) is 6.92 Å². The van der Waals surface area contributed by atoms with E-state index in [-0.39, 0.29) is 5.91 Å². The molecule has 70 valence electrons. The van der Waals surface area contributed by atoms with E-state index >= 15 is 0 Å². The summed E-state index contributed by atoms with van der Waals surface area (Å²) in [6.45, 7) is 1.47. The van der Waals surface area contributed by atoms with Crippen LogP contribution < -0.4 is 10.1 Å². The Morgan fingerprint density at radius 3 is 2.77 bits per heavy atom. The normalized spacial score (nSPS) is 9.46. The maximum Gasteiger partial charge on any atom is 0.221 e. The fourth-order valence-corrected chi connectivity index (χ4v) is 1.42. The van der Waals surface area contributed by atoms with Crippen LogP contribution in [-0.2, 0) is 4.79 Å². The number of amides is 1. The molecule has 0 atom stereocenters. The fourth-order valence-electron chi connectivity index (χ4n) is 0.958. The second kappa shape index (κ2) is 4.45. The number of hydrogen-bond donors (Lipinski definition) is 1. The molecule has 0 aliphatic heterocycles. The van der Waals surface area contributed by atoms with E-state index in [1.54, 1.807) is 7.11 Å². The van der Waals surface area contributed by atoms with Crippen molar-refractivity contribution in [3.05, 3.63) is 21.8 Å². The first kappa shape index (κ1) is 10.3. The van der Waals surface area contributed by atoms with E-state index in [4.69, 9.17) is 4.74 Å². The number of carbonyl (C=O) groups is 1. The average Bonchev–Trinajstić information content (AvgIpc) is 2.07. The van der Waals surface area contributed by atoms with Crippen molar-refractivity contribution < 1.29 is 9.53 Å². The van der Waals surface area contributed by atoms with Gasteiger partial charge in [0.05, 0.1) is 12.8 Å². The van der Waals surface area contributed by atoms with Crippen molar-refractivity contribution in [2.45, 2.75) is 6.92 Å². The Morgan fingerprint density at radius 1 is 1.54 bits per heavy atom. The third-order valence-corrected chi connectivity index (χ3v) is 2.15. The molecule has 0 unspecified atom stereocenters. The molecule has 0 bridgehead atoms. The van der Waals surface area contributed by atoms with Gasteiger partial charge in [-0.1, -0.05) is 0 Å². The average molecular weight is 291 g/mol. The van der Waals surface area contributed by atoms with Gasteiger partial charge in [0.2, 0.25) is 5.91 Å². The first-order valence-electron chi connectivity index (χ1n) is 3.74. The summed E-state index contributed by atoms with van der Waals surface area (Å²) in [5.74, 6) is 0.585. The van der Waals surface area contributed by atoms with E-state index in [2.05, 4.69) is 27.9 Å². The van der Waals surface area contributed by atoms with Crippen LogP contribution in [0.3, 0.4) is 0 Å². The van der Waals surface area contributed by atoms with Gasteiger partial charge in [-0.3, -0.25) is 4.79 Å². The van der Waals surface area contributed by atoms with Crippen molar-refractivity contribution in [2.75, 3.05) is 12.4 Å². The molecular formula is C9H10INO2. The summed E-state index contributed by atoms with van der Waals surface area (Å²) in [5.41, 5.74) is 0.704. The number of ether oxygens (including phenoxy) is 1. The minimum atomic E-state index is -0.0977. The van der Waals surface area contributed by atoms with Gasteiger partial charge in [-0.2, -0.15) is 0 Å². The summed E-state index contributed by atoms with van der Waals surface area (Å²) in [6, 6.07) is 5.60. The molecule has 1 rings (SSSR count). The number of hydrogen-bond acceptors (Lipinski definition) is 2. The van der Waals surface area contributed by atoms with Crippen LogP contribution in [0.2, 0.25) is 0 Å². The fraction of sp³-hybridized carbons (Fsp3) is 0.222. The van der Waals surface area contributed by atoms with E-state index in [0.29, 0.717) is 11.4 Å². The Morgan fingerprint density at radius 2 is 2.23 bits per heavy atom. The first-order valence-corrected chi connectivity index (χ1v) is 4.82. The summed E-state index contributed by atoms with van der Waals surface area (Å²) >= 11 is 2.19. The number of carbonyl (C=O) groups excluding carboxylic acids is 1. The van der Waals surface area contributed by atoms with Crippen LogP contribution in [0.25, 0.3) is 0 Å². The lowest BCUT2D eigenvalue weighted by atomic mass is 10.3. The van der Waals surface area contributed by atoms with Crippen LogP contribution in [0.1, 0.15) is 6.92 Å². The zero-order valence-corrected chi connectivity index (χ0v) is 9.58. The van der Waals surface area contributed by atoms with Gasteiger partial charge in [-0.05, 0) is 40.8 Å². The van der Waals surface area contributed by atoms with Crippen molar-refractivity contribution in [2.24, 2.45) is 0 Å². The standard InChI is InChI=1S/C9H10INO2/c1-6(12)11-8-4-3-7(10)5-9(8)13-2/h3-5H,1-2H3,(H,11,12). The molecular weight excluding hydrogens is 281 g/mol. The van der Waals surface area contributed by atoms with Crippen molar-refractivity contribution in [1.82, 2.24) is 0 Å². The summed E-state index contributed by atoms with van der Waals surface area (Å²) in [4.78, 5) is 10.8. The predicted octanol–water partition coefficient (Wildman–Crippen LogP) is 2.26. The molecule has 0 aromatic heterocycles. The van der Waals surface area contributed by atoms with Crippen molar-refractivity contribution in [3.8, 4) is 5.75 Å². The molecule has 1 aromatic carbocycles. The maximum atomic E-state index is 10.8. The molecule has 4 heteroatoms. The third-order valence-electron chi connectivity index (χ3n) is 1.47. The van der Waals surface area contributed by atoms with Crippen LogP contribution in [0.4, 0.5) is 5.69 Å². The molecule has 0 heterocycles. The van der Waals surface area contributed by atoms with Crippen LogP contribution in [0.15, 0.2) is 18.2 Å². The first-order chi connectivity index (χ1) is 6.13. The molecule has 1 amide bonds. The van der Waals surface area contributed by atoms with Crippen LogP contribution in [0, 0.1) is 3.57 Å². The lowest BCUT2D eigenvalue weighted by Crippen LogP contribution is -2.07. The van der Waals surface area contributed by atoms with Crippen molar-refractivity contribution >= 4 is 34.2 Å². The quantitative estimate of drug-likeness (QED) is 0.849. The van der Waals surface area contributed by atoms with Gasteiger partial charge in [0, 0.05) is 10.5 Å². The topological polar surface area (TPSA) is 38.3 Å². The highest BCUT2D eigenvalue weighted by Crippen LogP contribution is 2.25. The maximum absolute atomic E-state index is 10.8. The zero-order valence-electron chi connectivity index (χ0n) is 7.43. The predicted molar refractivity (Wildman–Crippen MR) is 60.0 cm³/mol. The SMILES string of the molecule is COc1cc(I)ccc1NC(C)=O. The van der Waals surface area contributed by atoms with Crippen LogP contribution in [-0.4, -0.2) is 13.0 Å². The number of benzene rings is 1. The van der Waals surface area contributed by atoms with Gasteiger partial charge in [-0.15, -0.1) is 0 Å². The molecule has 3 nitrogen and oxygen atoms in total. The Balaban J connectivity index is 2.99.